The summed E-state index contributed by atoms with van der Waals surface area (Å²) in [6.07, 6.45) is 0. The molecule has 0 aliphatic rings. The molecule has 0 unspecified atom stereocenters. The summed E-state index contributed by atoms with van der Waals surface area (Å²) in [5.74, 6) is 0.743. The third-order valence-electron chi connectivity index (χ3n) is 2.79. The van der Waals surface area contributed by atoms with Gasteiger partial charge in [-0.3, -0.25) is 4.79 Å². The molecule has 1 aromatic carbocycles. The van der Waals surface area contributed by atoms with Crippen molar-refractivity contribution < 1.29 is 4.79 Å². The molecule has 0 atom stereocenters. The third-order valence-corrected chi connectivity index (χ3v) is 4.94. The fourth-order valence-electron chi connectivity index (χ4n) is 1.85. The summed E-state index contributed by atoms with van der Waals surface area (Å²) in [5, 5.41) is 0. The van der Waals surface area contributed by atoms with E-state index in [0.29, 0.717) is 5.75 Å². The van der Waals surface area contributed by atoms with Gasteiger partial charge in [-0.1, -0.05) is 18.2 Å². The van der Waals surface area contributed by atoms with Gasteiger partial charge in [0.15, 0.2) is 5.78 Å². The Morgan fingerprint density at radius 2 is 1.94 bits per heavy atom. The monoisotopic (exact) mass is 276 g/mol. The van der Waals surface area contributed by atoms with E-state index in [9.17, 15) is 4.79 Å². The van der Waals surface area contributed by atoms with E-state index in [1.165, 1.54) is 15.3 Å². The average molecular weight is 276 g/mol. The van der Waals surface area contributed by atoms with Crippen LogP contribution >= 0.6 is 23.1 Å². The Kier molecular flexibility index (Phi) is 4.25. The average Bonchev–Trinajstić information content (AvgIpc) is 2.67. The number of benzene rings is 1. The van der Waals surface area contributed by atoms with Gasteiger partial charge < -0.3 is 0 Å². The molecule has 0 aliphatic carbocycles. The predicted molar refractivity (Wildman–Crippen MR) is 80.0 cm³/mol. The molecule has 0 radical (unpaired) electrons. The zero-order chi connectivity index (χ0) is 13.1. The first-order valence-electron chi connectivity index (χ1n) is 5.86. The largest absolute Gasteiger partial charge is 0.293 e. The van der Waals surface area contributed by atoms with E-state index in [1.807, 2.05) is 32.0 Å². The topological polar surface area (TPSA) is 17.1 Å². The lowest BCUT2D eigenvalue weighted by molar-refractivity contribution is 0.102. The van der Waals surface area contributed by atoms with Gasteiger partial charge in [0.2, 0.25) is 0 Å². The van der Waals surface area contributed by atoms with Crippen molar-refractivity contribution in [2.24, 2.45) is 0 Å². The lowest BCUT2D eigenvalue weighted by Gasteiger charge is -2.04. The standard InChI is InChI=1S/C15H16OS2/c1-10-6-4-5-7-15(10)17-9-14(16)13-8-11(2)18-12(13)3/h4-8H,9H2,1-3H3. The molecule has 0 amide bonds. The van der Waals surface area contributed by atoms with Gasteiger partial charge in [-0.2, -0.15) is 0 Å². The van der Waals surface area contributed by atoms with E-state index in [0.717, 1.165) is 10.4 Å². The van der Waals surface area contributed by atoms with Crippen molar-refractivity contribution in [3.63, 3.8) is 0 Å². The van der Waals surface area contributed by atoms with Gasteiger partial charge in [0, 0.05) is 20.2 Å². The first-order valence-corrected chi connectivity index (χ1v) is 7.67. The summed E-state index contributed by atoms with van der Waals surface area (Å²) in [6.45, 7) is 6.14. The summed E-state index contributed by atoms with van der Waals surface area (Å²) in [4.78, 5) is 15.7. The molecule has 0 N–H and O–H groups in total. The molecular formula is C15H16OS2. The highest BCUT2D eigenvalue weighted by atomic mass is 32.2. The molecule has 0 aliphatic heterocycles. The first-order chi connectivity index (χ1) is 8.58. The van der Waals surface area contributed by atoms with Crippen LogP contribution in [-0.2, 0) is 0 Å². The van der Waals surface area contributed by atoms with Crippen molar-refractivity contribution in [2.45, 2.75) is 25.7 Å². The second kappa shape index (κ2) is 5.72. The van der Waals surface area contributed by atoms with Crippen molar-refractivity contribution in [1.82, 2.24) is 0 Å². The summed E-state index contributed by atoms with van der Waals surface area (Å²) < 4.78 is 0. The first kappa shape index (κ1) is 13.4. The maximum atomic E-state index is 12.1. The molecular weight excluding hydrogens is 260 g/mol. The van der Waals surface area contributed by atoms with Crippen LogP contribution in [0, 0.1) is 20.8 Å². The van der Waals surface area contributed by atoms with Crippen LogP contribution in [0.4, 0.5) is 0 Å². The Morgan fingerprint density at radius 3 is 2.56 bits per heavy atom. The van der Waals surface area contributed by atoms with Crippen molar-refractivity contribution in [2.75, 3.05) is 5.75 Å². The summed E-state index contributed by atoms with van der Waals surface area (Å²) in [7, 11) is 0. The van der Waals surface area contributed by atoms with E-state index >= 15 is 0 Å². The Morgan fingerprint density at radius 1 is 1.22 bits per heavy atom. The fourth-order valence-corrected chi connectivity index (χ4v) is 3.70. The molecule has 2 rings (SSSR count). The van der Waals surface area contributed by atoms with Crippen molar-refractivity contribution >= 4 is 28.9 Å². The molecule has 0 fully saturated rings. The van der Waals surface area contributed by atoms with Gasteiger partial charge in [0.1, 0.15) is 0 Å². The van der Waals surface area contributed by atoms with Crippen LogP contribution in [0.15, 0.2) is 35.2 Å². The molecule has 0 bridgehead atoms. The summed E-state index contributed by atoms with van der Waals surface area (Å²) in [6, 6.07) is 10.2. The van der Waals surface area contributed by atoms with E-state index in [1.54, 1.807) is 23.1 Å². The zero-order valence-electron chi connectivity index (χ0n) is 10.8. The minimum absolute atomic E-state index is 0.227. The lowest BCUT2D eigenvalue weighted by atomic mass is 10.2. The summed E-state index contributed by atoms with van der Waals surface area (Å²) >= 11 is 3.32. The van der Waals surface area contributed by atoms with Crippen LogP contribution in [0.3, 0.4) is 0 Å². The third kappa shape index (κ3) is 3.03. The van der Waals surface area contributed by atoms with Gasteiger partial charge in [0.25, 0.3) is 0 Å². The normalized spacial score (nSPS) is 10.6. The number of hydrogen-bond acceptors (Lipinski definition) is 3. The number of rotatable bonds is 4. The second-order valence-corrected chi connectivity index (χ2v) is 6.78. The minimum Gasteiger partial charge on any atom is -0.293 e. The molecule has 0 saturated carbocycles. The van der Waals surface area contributed by atoms with Crippen LogP contribution in [0.2, 0.25) is 0 Å². The number of thioether (sulfide) groups is 1. The second-order valence-electron chi connectivity index (χ2n) is 4.30. The molecule has 1 heterocycles. The SMILES string of the molecule is Cc1cc(C(=O)CSc2ccccc2C)c(C)s1. The van der Waals surface area contributed by atoms with E-state index < -0.39 is 0 Å². The van der Waals surface area contributed by atoms with Gasteiger partial charge in [-0.05, 0) is 38.5 Å². The Balaban J connectivity index is 2.05. The molecule has 3 heteroatoms. The van der Waals surface area contributed by atoms with Crippen molar-refractivity contribution in [3.8, 4) is 0 Å². The highest BCUT2D eigenvalue weighted by Gasteiger charge is 2.12. The van der Waals surface area contributed by atoms with Crippen molar-refractivity contribution in [1.29, 1.82) is 0 Å². The minimum atomic E-state index is 0.227. The van der Waals surface area contributed by atoms with Crippen molar-refractivity contribution in [3.05, 3.63) is 51.2 Å². The highest BCUT2D eigenvalue weighted by Crippen LogP contribution is 2.26. The zero-order valence-corrected chi connectivity index (χ0v) is 12.5. The molecule has 1 aromatic heterocycles. The Bertz CT molecular complexity index is 570. The maximum Gasteiger partial charge on any atom is 0.174 e. The van der Waals surface area contributed by atoms with Gasteiger partial charge in [0.05, 0.1) is 5.75 Å². The van der Waals surface area contributed by atoms with Crippen LogP contribution in [0.1, 0.15) is 25.7 Å². The predicted octanol–water partition coefficient (Wildman–Crippen LogP) is 4.65. The molecule has 94 valence electrons. The smallest absolute Gasteiger partial charge is 0.174 e. The van der Waals surface area contributed by atoms with E-state index in [4.69, 9.17) is 0 Å². The van der Waals surface area contributed by atoms with Crippen LogP contribution in [0.25, 0.3) is 0 Å². The number of thiophene rings is 1. The molecule has 0 saturated heterocycles. The van der Waals surface area contributed by atoms with Crippen LogP contribution in [-0.4, -0.2) is 11.5 Å². The molecule has 2 aromatic rings. The number of hydrogen-bond donors (Lipinski definition) is 0. The number of carbonyl (C=O) groups excluding carboxylic acids is 1. The number of Topliss-reactive ketones (excluding diaryl/α,β-unsaturated/α-hetero) is 1. The van der Waals surface area contributed by atoms with Gasteiger partial charge >= 0.3 is 0 Å². The highest BCUT2D eigenvalue weighted by molar-refractivity contribution is 8.00. The molecule has 1 nitrogen and oxygen atoms in total. The summed E-state index contributed by atoms with van der Waals surface area (Å²) in [5.41, 5.74) is 2.12. The van der Waals surface area contributed by atoms with Crippen LogP contribution < -0.4 is 0 Å². The lowest BCUT2D eigenvalue weighted by Crippen LogP contribution is -2.02. The Labute approximate surface area is 116 Å². The van der Waals surface area contributed by atoms with Crippen LogP contribution in [0.5, 0.6) is 0 Å². The van der Waals surface area contributed by atoms with Gasteiger partial charge in [-0.15, -0.1) is 23.1 Å². The number of aryl methyl sites for hydroxylation is 3. The number of carbonyl (C=O) groups is 1. The maximum absolute atomic E-state index is 12.1. The van der Waals surface area contributed by atoms with E-state index in [2.05, 4.69) is 19.1 Å². The van der Waals surface area contributed by atoms with E-state index in [-0.39, 0.29) is 5.78 Å². The molecule has 18 heavy (non-hydrogen) atoms. The van der Waals surface area contributed by atoms with Gasteiger partial charge in [-0.25, -0.2) is 0 Å². The number of ketones is 1. The Hall–Kier alpha value is -1.06. The fraction of sp³-hybridized carbons (Fsp3) is 0.267. The quantitative estimate of drug-likeness (QED) is 0.597. The molecule has 0 spiro atoms.